The molecular formula is C19H23NO3S2. The predicted molar refractivity (Wildman–Crippen MR) is 104 cm³/mol. The van der Waals surface area contributed by atoms with E-state index in [1.54, 1.807) is 23.6 Å². The van der Waals surface area contributed by atoms with Crippen LogP contribution in [0.4, 0.5) is 11.4 Å². The highest BCUT2D eigenvalue weighted by Crippen LogP contribution is 2.51. The maximum atomic E-state index is 12.1. The Balaban J connectivity index is 2.31. The first-order valence-electron chi connectivity index (χ1n) is 8.58. The van der Waals surface area contributed by atoms with Crippen LogP contribution in [0.1, 0.15) is 38.3 Å². The first-order chi connectivity index (χ1) is 11.9. The zero-order valence-corrected chi connectivity index (χ0v) is 16.3. The smallest absolute Gasteiger partial charge is 0.286 e. The highest BCUT2D eigenvalue weighted by Gasteiger charge is 2.35. The average molecular weight is 378 g/mol. The molecule has 1 atom stereocenters. The van der Waals surface area contributed by atoms with Crippen LogP contribution in [-0.2, 0) is 23.0 Å². The van der Waals surface area contributed by atoms with Gasteiger partial charge in [0.1, 0.15) is 0 Å². The molecule has 1 heterocycles. The van der Waals surface area contributed by atoms with Gasteiger partial charge in [0.15, 0.2) is 5.37 Å². The summed E-state index contributed by atoms with van der Waals surface area (Å²) in [5.74, 6) is 0. The van der Waals surface area contributed by atoms with E-state index in [9.17, 15) is 13.0 Å². The summed E-state index contributed by atoms with van der Waals surface area (Å²) >= 11 is 1.68. The number of hydrogen-bond acceptors (Lipinski definition) is 4. The number of rotatable bonds is 5. The third-order valence-electron chi connectivity index (χ3n) is 4.57. The van der Waals surface area contributed by atoms with E-state index in [2.05, 4.69) is 26.0 Å². The van der Waals surface area contributed by atoms with E-state index in [-0.39, 0.29) is 0 Å². The second kappa shape index (κ2) is 7.02. The van der Waals surface area contributed by atoms with E-state index in [4.69, 9.17) is 0 Å². The molecule has 2 aromatic rings. The molecule has 0 saturated carbocycles. The van der Waals surface area contributed by atoms with Crippen molar-refractivity contribution in [3.05, 3.63) is 47.5 Å². The van der Waals surface area contributed by atoms with Gasteiger partial charge in [0.05, 0.1) is 11.4 Å². The summed E-state index contributed by atoms with van der Waals surface area (Å²) in [4.78, 5) is 3.89. The molecule has 4 nitrogen and oxygen atoms in total. The van der Waals surface area contributed by atoms with Crippen molar-refractivity contribution >= 4 is 33.3 Å². The van der Waals surface area contributed by atoms with Gasteiger partial charge in [-0.3, -0.25) is 4.55 Å². The van der Waals surface area contributed by atoms with Crippen LogP contribution in [-0.4, -0.2) is 18.3 Å². The van der Waals surface area contributed by atoms with Gasteiger partial charge in [0.2, 0.25) is 0 Å². The quantitative estimate of drug-likeness (QED) is 0.740. The second-order valence-corrected chi connectivity index (χ2v) is 8.75. The van der Waals surface area contributed by atoms with Crippen molar-refractivity contribution in [3.63, 3.8) is 0 Å². The zero-order valence-electron chi connectivity index (χ0n) is 14.7. The highest BCUT2D eigenvalue weighted by atomic mass is 32.2. The molecule has 2 aromatic carbocycles. The largest absolute Gasteiger partial charge is 0.320 e. The molecule has 0 aromatic heterocycles. The molecule has 6 heteroatoms. The molecule has 1 aliphatic rings. The summed E-state index contributed by atoms with van der Waals surface area (Å²) in [6.07, 6.45) is 2.06. The molecule has 0 saturated heterocycles. The van der Waals surface area contributed by atoms with Crippen LogP contribution in [0.3, 0.4) is 0 Å². The molecule has 25 heavy (non-hydrogen) atoms. The summed E-state index contributed by atoms with van der Waals surface area (Å²) < 4.78 is 34.1. The van der Waals surface area contributed by atoms with Gasteiger partial charge in [-0.25, -0.2) is 0 Å². The van der Waals surface area contributed by atoms with Gasteiger partial charge in [0.25, 0.3) is 10.1 Å². The van der Waals surface area contributed by atoms with Gasteiger partial charge >= 0.3 is 0 Å². The monoisotopic (exact) mass is 377 g/mol. The molecule has 0 fully saturated rings. The normalized spacial score (nSPS) is 14.8. The van der Waals surface area contributed by atoms with Crippen molar-refractivity contribution in [2.24, 2.45) is 0 Å². The van der Waals surface area contributed by atoms with Gasteiger partial charge in [-0.2, -0.15) is 8.42 Å². The Morgan fingerprint density at radius 2 is 1.80 bits per heavy atom. The molecule has 1 unspecified atom stereocenters. The van der Waals surface area contributed by atoms with Gasteiger partial charge < -0.3 is 4.90 Å². The molecule has 0 aliphatic carbocycles. The topological polar surface area (TPSA) is 57.6 Å². The Hall–Kier alpha value is -1.50. The number of hydrogen-bond donors (Lipinski definition) is 1. The van der Waals surface area contributed by atoms with Gasteiger partial charge in [-0.1, -0.05) is 50.7 Å². The number of aryl methyl sites for hydroxylation is 2. The fraction of sp³-hybridized carbons (Fsp3) is 0.368. The maximum absolute atomic E-state index is 12.1. The zero-order chi connectivity index (χ0) is 18.2. The van der Waals surface area contributed by atoms with E-state index in [0.29, 0.717) is 6.42 Å². The van der Waals surface area contributed by atoms with Crippen LogP contribution in [0, 0.1) is 0 Å². The Morgan fingerprint density at radius 1 is 1.08 bits per heavy atom. The SMILES string of the molecule is CCc1cc(CC)c2c(c1)N(C(CC)S(=O)(=O)O)c1ccccc1S2. The lowest BCUT2D eigenvalue weighted by atomic mass is 10.0. The fourth-order valence-corrected chi connectivity index (χ4v) is 5.47. The summed E-state index contributed by atoms with van der Waals surface area (Å²) in [6.45, 7) is 5.99. The van der Waals surface area contributed by atoms with E-state index in [1.807, 2.05) is 24.3 Å². The van der Waals surface area contributed by atoms with Crippen LogP contribution < -0.4 is 4.90 Å². The number of benzene rings is 2. The molecule has 134 valence electrons. The van der Waals surface area contributed by atoms with Crippen molar-refractivity contribution in [2.75, 3.05) is 4.90 Å². The van der Waals surface area contributed by atoms with Gasteiger partial charge in [-0.05, 0) is 48.6 Å². The summed E-state index contributed by atoms with van der Waals surface area (Å²) in [7, 11) is -4.22. The maximum Gasteiger partial charge on any atom is 0.286 e. The van der Waals surface area contributed by atoms with Crippen LogP contribution >= 0.6 is 11.8 Å². The standard InChI is InChI=1S/C19H23NO3S2/c1-4-13-11-14(5-2)19-16(12-13)20(18(6-3)25(21,22)23)15-9-7-8-10-17(15)24-19/h7-12,18H,4-6H2,1-3H3,(H,21,22,23). The molecule has 0 bridgehead atoms. The van der Waals surface area contributed by atoms with Crippen LogP contribution in [0.5, 0.6) is 0 Å². The molecule has 0 spiro atoms. The van der Waals surface area contributed by atoms with Crippen LogP contribution in [0.25, 0.3) is 0 Å². The van der Waals surface area contributed by atoms with E-state index in [0.717, 1.165) is 34.0 Å². The lowest BCUT2D eigenvalue weighted by Crippen LogP contribution is -2.39. The lowest BCUT2D eigenvalue weighted by Gasteiger charge is -2.38. The molecule has 1 N–H and O–H groups in total. The van der Waals surface area contributed by atoms with Crippen molar-refractivity contribution in [3.8, 4) is 0 Å². The summed E-state index contributed by atoms with van der Waals surface area (Å²) in [5.41, 5.74) is 4.10. The highest BCUT2D eigenvalue weighted by molar-refractivity contribution is 7.99. The minimum Gasteiger partial charge on any atom is -0.320 e. The Labute approximate surface area is 154 Å². The number of fused-ring (bicyclic) bond motifs is 2. The van der Waals surface area contributed by atoms with Crippen molar-refractivity contribution < 1.29 is 13.0 Å². The molecule has 0 radical (unpaired) electrons. The van der Waals surface area contributed by atoms with E-state index >= 15 is 0 Å². The minimum absolute atomic E-state index is 0.301. The summed E-state index contributed by atoms with van der Waals surface area (Å²) in [5, 5.41) is -0.995. The van der Waals surface area contributed by atoms with E-state index < -0.39 is 15.5 Å². The summed E-state index contributed by atoms with van der Waals surface area (Å²) in [6, 6.07) is 12.0. The van der Waals surface area contributed by atoms with Crippen molar-refractivity contribution in [1.29, 1.82) is 0 Å². The minimum atomic E-state index is -4.22. The van der Waals surface area contributed by atoms with Crippen LogP contribution in [0.15, 0.2) is 46.2 Å². The fourth-order valence-electron chi connectivity index (χ4n) is 3.32. The van der Waals surface area contributed by atoms with Crippen molar-refractivity contribution in [2.45, 2.75) is 55.2 Å². The van der Waals surface area contributed by atoms with Crippen molar-refractivity contribution in [1.82, 2.24) is 0 Å². The predicted octanol–water partition coefficient (Wildman–Crippen LogP) is 5.04. The van der Waals surface area contributed by atoms with Crippen LogP contribution in [0.2, 0.25) is 0 Å². The van der Waals surface area contributed by atoms with Gasteiger partial charge in [-0.15, -0.1) is 0 Å². The first kappa shape index (κ1) is 18.3. The third-order valence-corrected chi connectivity index (χ3v) is 7.04. The third kappa shape index (κ3) is 3.30. The Bertz CT molecular complexity index is 894. The number of anilines is 2. The Kier molecular flexibility index (Phi) is 5.14. The molecule has 1 aliphatic heterocycles. The Morgan fingerprint density at radius 3 is 2.40 bits per heavy atom. The van der Waals surface area contributed by atoms with E-state index in [1.165, 1.54) is 11.1 Å². The second-order valence-electron chi connectivity index (χ2n) is 6.13. The molecule has 3 rings (SSSR count). The first-order valence-corrected chi connectivity index (χ1v) is 10.9. The molecule has 0 amide bonds. The number of nitrogens with zero attached hydrogens (tertiary/aromatic N) is 1. The molecular weight excluding hydrogens is 354 g/mol. The lowest BCUT2D eigenvalue weighted by molar-refractivity contribution is 0.464. The van der Waals surface area contributed by atoms with Gasteiger partial charge in [0, 0.05) is 9.79 Å². The number of para-hydroxylation sites is 1. The average Bonchev–Trinajstić information content (AvgIpc) is 2.59.